The Hall–Kier alpha value is -0.0800. The van der Waals surface area contributed by atoms with Gasteiger partial charge in [0.2, 0.25) is 0 Å². The molecule has 0 bridgehead atoms. The van der Waals surface area contributed by atoms with Crippen molar-refractivity contribution in [2.45, 2.75) is 33.3 Å². The standard InChI is InChI=1S/C6H14NO/c1-4-6(3)8-7-5-2/h5-7H,4H2,1-3H3. The van der Waals surface area contributed by atoms with Crippen LogP contribution in [0.15, 0.2) is 0 Å². The monoisotopic (exact) mass is 116 g/mol. The summed E-state index contributed by atoms with van der Waals surface area (Å²) in [5, 5.41) is 0. The van der Waals surface area contributed by atoms with Crippen molar-refractivity contribution in [1.29, 1.82) is 0 Å². The molecule has 0 rings (SSSR count). The Morgan fingerprint density at radius 2 is 2.38 bits per heavy atom. The van der Waals surface area contributed by atoms with E-state index in [1.54, 1.807) is 6.54 Å². The van der Waals surface area contributed by atoms with Crippen LogP contribution in [0.5, 0.6) is 0 Å². The van der Waals surface area contributed by atoms with Crippen LogP contribution in [0.25, 0.3) is 0 Å². The zero-order valence-corrected chi connectivity index (χ0v) is 5.77. The Balaban J connectivity index is 2.86. The average molecular weight is 116 g/mol. The van der Waals surface area contributed by atoms with Crippen molar-refractivity contribution in [3.05, 3.63) is 6.54 Å². The lowest BCUT2D eigenvalue weighted by Crippen LogP contribution is -2.17. The summed E-state index contributed by atoms with van der Waals surface area (Å²) < 4.78 is 0. The smallest absolute Gasteiger partial charge is 0.0759 e. The molecule has 0 spiro atoms. The predicted octanol–water partition coefficient (Wildman–Crippen LogP) is 1.49. The van der Waals surface area contributed by atoms with Crippen LogP contribution in [0, 0.1) is 6.54 Å². The summed E-state index contributed by atoms with van der Waals surface area (Å²) in [5.74, 6) is 0. The SMILES string of the molecule is C[CH]NOC(C)CC. The quantitative estimate of drug-likeness (QED) is 0.562. The normalized spacial score (nSPS) is 13.9. The molecule has 0 aliphatic carbocycles. The first kappa shape index (κ1) is 7.92. The van der Waals surface area contributed by atoms with Gasteiger partial charge < -0.3 is 0 Å². The number of rotatable bonds is 4. The van der Waals surface area contributed by atoms with Gasteiger partial charge in [0.25, 0.3) is 0 Å². The van der Waals surface area contributed by atoms with Gasteiger partial charge in [0.05, 0.1) is 6.10 Å². The summed E-state index contributed by atoms with van der Waals surface area (Å²) in [7, 11) is 0. The molecular formula is C6H14NO. The molecule has 1 radical (unpaired) electrons. The molecule has 0 heterocycles. The third kappa shape index (κ3) is 4.09. The number of hydrogen-bond acceptors (Lipinski definition) is 2. The highest BCUT2D eigenvalue weighted by Gasteiger charge is 1.93. The maximum absolute atomic E-state index is 5.03. The first-order valence-electron chi connectivity index (χ1n) is 3.00. The molecule has 0 saturated heterocycles. The Bertz CT molecular complexity index is 47.8. The van der Waals surface area contributed by atoms with Crippen molar-refractivity contribution >= 4 is 0 Å². The van der Waals surface area contributed by atoms with E-state index in [-0.39, 0.29) is 0 Å². The fraction of sp³-hybridized carbons (Fsp3) is 0.833. The molecule has 0 aromatic carbocycles. The van der Waals surface area contributed by atoms with Gasteiger partial charge in [-0.3, -0.25) is 4.84 Å². The van der Waals surface area contributed by atoms with Crippen molar-refractivity contribution in [1.82, 2.24) is 5.48 Å². The molecule has 0 saturated carbocycles. The van der Waals surface area contributed by atoms with E-state index in [1.165, 1.54) is 0 Å². The topological polar surface area (TPSA) is 21.3 Å². The summed E-state index contributed by atoms with van der Waals surface area (Å²) in [6.45, 7) is 7.77. The van der Waals surface area contributed by atoms with Crippen molar-refractivity contribution in [2.75, 3.05) is 0 Å². The fourth-order valence-corrected chi connectivity index (χ4v) is 0.268. The zero-order valence-electron chi connectivity index (χ0n) is 5.77. The molecule has 0 aliphatic rings. The third-order valence-corrected chi connectivity index (χ3v) is 0.962. The second-order valence-electron chi connectivity index (χ2n) is 1.74. The largest absolute Gasteiger partial charge is 0.299 e. The Labute approximate surface area is 51.2 Å². The third-order valence-electron chi connectivity index (χ3n) is 0.962. The van der Waals surface area contributed by atoms with E-state index in [9.17, 15) is 0 Å². The first-order valence-corrected chi connectivity index (χ1v) is 3.00. The van der Waals surface area contributed by atoms with Gasteiger partial charge in [0, 0.05) is 6.54 Å². The van der Waals surface area contributed by atoms with E-state index < -0.39 is 0 Å². The van der Waals surface area contributed by atoms with Gasteiger partial charge >= 0.3 is 0 Å². The Morgan fingerprint density at radius 1 is 1.75 bits per heavy atom. The number of nitrogens with one attached hydrogen (secondary N) is 1. The van der Waals surface area contributed by atoms with E-state index in [2.05, 4.69) is 12.4 Å². The molecule has 0 fully saturated rings. The lowest BCUT2D eigenvalue weighted by molar-refractivity contribution is -0.000824. The second kappa shape index (κ2) is 5.06. The minimum atomic E-state index is 0.311. The molecule has 1 N–H and O–H groups in total. The van der Waals surface area contributed by atoms with Crippen LogP contribution in [0.4, 0.5) is 0 Å². The molecule has 0 amide bonds. The van der Waals surface area contributed by atoms with E-state index in [0.29, 0.717) is 6.10 Å². The van der Waals surface area contributed by atoms with Crippen molar-refractivity contribution in [3.63, 3.8) is 0 Å². The van der Waals surface area contributed by atoms with Crippen molar-refractivity contribution < 1.29 is 4.84 Å². The van der Waals surface area contributed by atoms with Gasteiger partial charge in [0.1, 0.15) is 0 Å². The molecule has 0 aliphatic heterocycles. The van der Waals surface area contributed by atoms with Crippen molar-refractivity contribution in [2.24, 2.45) is 0 Å². The average Bonchev–Trinajstić information content (AvgIpc) is 1.83. The van der Waals surface area contributed by atoms with Gasteiger partial charge in [-0.15, -0.1) is 0 Å². The molecule has 0 aromatic heterocycles. The molecule has 1 atom stereocenters. The van der Waals surface area contributed by atoms with E-state index in [4.69, 9.17) is 4.84 Å². The number of hydrogen-bond donors (Lipinski definition) is 1. The first-order chi connectivity index (χ1) is 3.81. The Morgan fingerprint density at radius 3 is 2.75 bits per heavy atom. The highest BCUT2D eigenvalue weighted by atomic mass is 16.7. The van der Waals surface area contributed by atoms with Crippen LogP contribution < -0.4 is 5.48 Å². The molecule has 2 heteroatoms. The second-order valence-corrected chi connectivity index (χ2v) is 1.74. The summed E-state index contributed by atoms with van der Waals surface area (Å²) in [5.41, 5.74) is 2.67. The summed E-state index contributed by atoms with van der Waals surface area (Å²) in [6, 6.07) is 0. The molecule has 49 valence electrons. The summed E-state index contributed by atoms with van der Waals surface area (Å²) in [6.07, 6.45) is 1.35. The van der Waals surface area contributed by atoms with Crippen molar-refractivity contribution in [3.8, 4) is 0 Å². The molecule has 8 heavy (non-hydrogen) atoms. The maximum atomic E-state index is 5.03. The van der Waals surface area contributed by atoms with Crippen LogP contribution in [0.1, 0.15) is 27.2 Å². The maximum Gasteiger partial charge on any atom is 0.0759 e. The lowest BCUT2D eigenvalue weighted by Gasteiger charge is -2.07. The van der Waals surface area contributed by atoms with Crippen LogP contribution in [-0.2, 0) is 4.84 Å². The minimum absolute atomic E-state index is 0.311. The van der Waals surface area contributed by atoms with Gasteiger partial charge in [-0.25, -0.2) is 0 Å². The predicted molar refractivity (Wildman–Crippen MR) is 33.9 cm³/mol. The lowest BCUT2D eigenvalue weighted by atomic mass is 10.3. The zero-order chi connectivity index (χ0) is 6.41. The Kier molecular flexibility index (Phi) is 5.01. The molecule has 1 unspecified atom stereocenters. The van der Waals surface area contributed by atoms with Crippen LogP contribution in [0.3, 0.4) is 0 Å². The fourth-order valence-electron chi connectivity index (χ4n) is 0.268. The molecule has 2 nitrogen and oxygen atoms in total. The minimum Gasteiger partial charge on any atom is -0.299 e. The highest BCUT2D eigenvalue weighted by Crippen LogP contribution is 1.91. The van der Waals surface area contributed by atoms with Crippen LogP contribution in [0.2, 0.25) is 0 Å². The highest BCUT2D eigenvalue weighted by molar-refractivity contribution is 4.44. The molecular weight excluding hydrogens is 102 g/mol. The summed E-state index contributed by atoms with van der Waals surface area (Å²) in [4.78, 5) is 5.03. The van der Waals surface area contributed by atoms with E-state index in [0.717, 1.165) is 6.42 Å². The van der Waals surface area contributed by atoms with E-state index in [1.807, 2.05) is 13.8 Å². The van der Waals surface area contributed by atoms with Crippen LogP contribution >= 0.6 is 0 Å². The van der Waals surface area contributed by atoms with Gasteiger partial charge in [-0.05, 0) is 20.3 Å². The van der Waals surface area contributed by atoms with Gasteiger partial charge in [-0.2, -0.15) is 5.48 Å². The van der Waals surface area contributed by atoms with Gasteiger partial charge in [-0.1, -0.05) is 6.92 Å². The molecule has 0 aromatic rings. The number of hydroxylamine groups is 1. The van der Waals surface area contributed by atoms with Gasteiger partial charge in [0.15, 0.2) is 0 Å². The summed E-state index contributed by atoms with van der Waals surface area (Å²) >= 11 is 0. The van der Waals surface area contributed by atoms with E-state index >= 15 is 0 Å². The van der Waals surface area contributed by atoms with Crippen LogP contribution in [-0.4, -0.2) is 6.10 Å².